The number of hydrogen-bond donors (Lipinski definition) is 0. The number of nitrogens with zero attached hydrogens (tertiary/aromatic N) is 1. The smallest absolute Gasteiger partial charge is 0.0798 e. The number of aryl methyl sites for hydroxylation is 1. The van der Waals surface area contributed by atoms with Crippen LogP contribution in [0.25, 0.3) is 22.0 Å². The molecule has 1 heterocycles. The summed E-state index contributed by atoms with van der Waals surface area (Å²) in [5.41, 5.74) is 4.38. The van der Waals surface area contributed by atoms with Crippen molar-refractivity contribution in [3.05, 3.63) is 65.3 Å². The van der Waals surface area contributed by atoms with Gasteiger partial charge in [0.2, 0.25) is 0 Å². The maximum Gasteiger partial charge on any atom is 0.0798 e. The molecule has 0 spiro atoms. The van der Waals surface area contributed by atoms with Gasteiger partial charge in [-0.3, -0.25) is 4.98 Å². The first-order valence-electron chi connectivity index (χ1n) is 6.93. The molecule has 20 heavy (non-hydrogen) atoms. The van der Waals surface area contributed by atoms with Crippen LogP contribution in [0.5, 0.6) is 0 Å². The van der Waals surface area contributed by atoms with Gasteiger partial charge >= 0.3 is 0 Å². The van der Waals surface area contributed by atoms with Crippen LogP contribution < -0.4 is 0 Å². The normalized spacial score (nSPS) is 10.9. The molecule has 0 radical (unpaired) electrons. The molecule has 0 fully saturated rings. The van der Waals surface area contributed by atoms with Crippen LogP contribution >= 0.6 is 11.6 Å². The van der Waals surface area contributed by atoms with Crippen molar-refractivity contribution in [2.45, 2.75) is 19.8 Å². The summed E-state index contributed by atoms with van der Waals surface area (Å²) in [6.07, 6.45) is 2.03. The van der Waals surface area contributed by atoms with Gasteiger partial charge in [-0.1, -0.05) is 73.5 Å². The van der Waals surface area contributed by atoms with Crippen LogP contribution in [0.4, 0.5) is 0 Å². The Morgan fingerprint density at radius 2 is 1.80 bits per heavy atom. The van der Waals surface area contributed by atoms with Gasteiger partial charge in [0, 0.05) is 16.6 Å². The molecular weight excluding hydrogens is 266 g/mol. The number of para-hydroxylation sites is 1. The highest BCUT2D eigenvalue weighted by atomic mass is 35.5. The number of aromatic nitrogens is 1. The SMILES string of the molecule is CCCc1cc(Cl)c2cccc(-c3ccccc3)c2n1. The molecule has 0 bridgehead atoms. The lowest BCUT2D eigenvalue weighted by atomic mass is 10.0. The highest BCUT2D eigenvalue weighted by molar-refractivity contribution is 6.35. The van der Waals surface area contributed by atoms with Crippen molar-refractivity contribution in [2.24, 2.45) is 0 Å². The zero-order chi connectivity index (χ0) is 13.9. The summed E-state index contributed by atoms with van der Waals surface area (Å²) >= 11 is 6.42. The number of pyridine rings is 1. The molecule has 0 aliphatic rings. The molecule has 0 atom stereocenters. The van der Waals surface area contributed by atoms with Gasteiger partial charge in [0.1, 0.15) is 0 Å². The van der Waals surface area contributed by atoms with Crippen molar-refractivity contribution in [3.63, 3.8) is 0 Å². The van der Waals surface area contributed by atoms with E-state index in [1.54, 1.807) is 0 Å². The fourth-order valence-electron chi connectivity index (χ4n) is 2.49. The van der Waals surface area contributed by atoms with Crippen LogP contribution in [-0.4, -0.2) is 4.98 Å². The molecule has 0 saturated carbocycles. The van der Waals surface area contributed by atoms with Crippen molar-refractivity contribution >= 4 is 22.5 Å². The Bertz CT molecular complexity index is 735. The van der Waals surface area contributed by atoms with Crippen LogP contribution in [-0.2, 0) is 6.42 Å². The van der Waals surface area contributed by atoms with E-state index in [1.165, 1.54) is 5.56 Å². The lowest BCUT2D eigenvalue weighted by Crippen LogP contribution is -1.93. The first-order valence-corrected chi connectivity index (χ1v) is 7.31. The fraction of sp³-hybridized carbons (Fsp3) is 0.167. The molecule has 1 aromatic heterocycles. The first kappa shape index (κ1) is 13.1. The Morgan fingerprint density at radius 3 is 2.55 bits per heavy atom. The molecule has 2 heteroatoms. The van der Waals surface area contributed by atoms with Crippen molar-refractivity contribution in [3.8, 4) is 11.1 Å². The molecule has 0 amide bonds. The van der Waals surface area contributed by atoms with E-state index in [-0.39, 0.29) is 0 Å². The third kappa shape index (κ3) is 2.41. The van der Waals surface area contributed by atoms with E-state index < -0.39 is 0 Å². The Balaban J connectivity index is 2.27. The molecule has 0 N–H and O–H groups in total. The van der Waals surface area contributed by atoms with E-state index in [0.29, 0.717) is 0 Å². The largest absolute Gasteiger partial charge is 0.252 e. The highest BCUT2D eigenvalue weighted by Crippen LogP contribution is 2.31. The van der Waals surface area contributed by atoms with Crippen LogP contribution in [0.1, 0.15) is 19.0 Å². The van der Waals surface area contributed by atoms with Crippen molar-refractivity contribution in [1.29, 1.82) is 0 Å². The predicted molar refractivity (Wildman–Crippen MR) is 86.2 cm³/mol. The van der Waals surface area contributed by atoms with Crippen LogP contribution in [0.15, 0.2) is 54.6 Å². The zero-order valence-corrected chi connectivity index (χ0v) is 12.2. The summed E-state index contributed by atoms with van der Waals surface area (Å²) in [6, 6.07) is 18.5. The monoisotopic (exact) mass is 281 g/mol. The van der Waals surface area contributed by atoms with Gasteiger partial charge in [0.05, 0.1) is 10.5 Å². The van der Waals surface area contributed by atoms with Gasteiger partial charge in [-0.15, -0.1) is 0 Å². The maximum atomic E-state index is 6.42. The standard InChI is InChI=1S/C18H16ClN/c1-2-7-14-12-17(19)16-11-6-10-15(18(16)20-14)13-8-4-3-5-9-13/h3-6,8-12H,2,7H2,1H3. The van der Waals surface area contributed by atoms with Crippen molar-refractivity contribution in [2.75, 3.05) is 0 Å². The second kappa shape index (κ2) is 5.64. The second-order valence-electron chi connectivity index (χ2n) is 4.91. The summed E-state index contributed by atoms with van der Waals surface area (Å²) in [5.74, 6) is 0. The first-order chi connectivity index (χ1) is 9.79. The number of hydrogen-bond acceptors (Lipinski definition) is 1. The van der Waals surface area contributed by atoms with Gasteiger partial charge in [0.25, 0.3) is 0 Å². The lowest BCUT2D eigenvalue weighted by Gasteiger charge is -2.09. The molecule has 100 valence electrons. The van der Waals surface area contributed by atoms with Gasteiger partial charge in [-0.05, 0) is 18.1 Å². The summed E-state index contributed by atoms with van der Waals surface area (Å²) < 4.78 is 0. The maximum absolute atomic E-state index is 6.42. The van der Waals surface area contributed by atoms with E-state index in [9.17, 15) is 0 Å². The van der Waals surface area contributed by atoms with Crippen LogP contribution in [0.2, 0.25) is 5.02 Å². The summed E-state index contributed by atoms with van der Waals surface area (Å²) in [7, 11) is 0. The van der Waals surface area contributed by atoms with E-state index in [2.05, 4.69) is 25.1 Å². The Kier molecular flexibility index (Phi) is 3.70. The van der Waals surface area contributed by atoms with E-state index >= 15 is 0 Å². The average Bonchev–Trinajstić information content (AvgIpc) is 2.48. The zero-order valence-electron chi connectivity index (χ0n) is 11.4. The molecule has 1 nitrogen and oxygen atoms in total. The molecule has 3 rings (SSSR count). The number of benzene rings is 2. The van der Waals surface area contributed by atoms with Crippen LogP contribution in [0, 0.1) is 0 Å². The van der Waals surface area contributed by atoms with Crippen molar-refractivity contribution in [1.82, 2.24) is 4.98 Å². The third-order valence-corrected chi connectivity index (χ3v) is 3.75. The molecule has 2 aromatic carbocycles. The van der Waals surface area contributed by atoms with Gasteiger partial charge in [-0.2, -0.15) is 0 Å². The van der Waals surface area contributed by atoms with Crippen molar-refractivity contribution < 1.29 is 0 Å². The molecule has 0 unspecified atom stereocenters. The topological polar surface area (TPSA) is 12.9 Å². The molecule has 0 saturated heterocycles. The molecular formula is C18H16ClN. The third-order valence-electron chi connectivity index (χ3n) is 3.43. The quantitative estimate of drug-likeness (QED) is 0.617. The highest BCUT2D eigenvalue weighted by Gasteiger charge is 2.09. The van der Waals surface area contributed by atoms with Gasteiger partial charge < -0.3 is 0 Å². The number of halogens is 1. The summed E-state index contributed by atoms with van der Waals surface area (Å²) in [6.45, 7) is 2.16. The van der Waals surface area contributed by atoms with Crippen LogP contribution in [0.3, 0.4) is 0 Å². The van der Waals surface area contributed by atoms with E-state index in [0.717, 1.165) is 40.0 Å². The molecule has 0 aliphatic heterocycles. The molecule has 3 aromatic rings. The fourth-order valence-corrected chi connectivity index (χ4v) is 2.77. The minimum absolute atomic E-state index is 0.788. The second-order valence-corrected chi connectivity index (χ2v) is 5.32. The van der Waals surface area contributed by atoms with E-state index in [4.69, 9.17) is 16.6 Å². The minimum atomic E-state index is 0.788. The Morgan fingerprint density at radius 1 is 1.00 bits per heavy atom. The summed E-state index contributed by atoms with van der Waals surface area (Å²) in [5, 5.41) is 1.81. The average molecular weight is 282 g/mol. The summed E-state index contributed by atoms with van der Waals surface area (Å²) in [4.78, 5) is 4.82. The predicted octanol–water partition coefficient (Wildman–Crippen LogP) is 5.51. The van der Waals surface area contributed by atoms with Gasteiger partial charge in [-0.25, -0.2) is 0 Å². The lowest BCUT2D eigenvalue weighted by molar-refractivity contribution is 0.890. The minimum Gasteiger partial charge on any atom is -0.252 e. The molecule has 0 aliphatic carbocycles. The Labute approximate surface area is 124 Å². The number of fused-ring (bicyclic) bond motifs is 1. The van der Waals surface area contributed by atoms with Gasteiger partial charge in [0.15, 0.2) is 0 Å². The van der Waals surface area contributed by atoms with E-state index in [1.807, 2.05) is 36.4 Å². The number of rotatable bonds is 3. The Hall–Kier alpha value is -1.86.